The maximum absolute atomic E-state index is 12.1. The highest BCUT2D eigenvalue weighted by Crippen LogP contribution is 2.22. The summed E-state index contributed by atoms with van der Waals surface area (Å²) in [5.41, 5.74) is 3.95. The first-order chi connectivity index (χ1) is 8.63. The van der Waals surface area contributed by atoms with Crippen LogP contribution in [0.1, 0.15) is 41.4 Å². The van der Waals surface area contributed by atoms with Crippen LogP contribution in [0.15, 0.2) is 18.2 Å². The molecule has 0 aliphatic heterocycles. The first-order valence-electron chi connectivity index (χ1n) is 6.50. The third-order valence-corrected chi connectivity index (χ3v) is 3.26. The zero-order chi connectivity index (χ0) is 13.1. The highest BCUT2D eigenvalue weighted by atomic mass is 16.1. The van der Waals surface area contributed by atoms with Crippen molar-refractivity contribution in [1.29, 1.82) is 0 Å². The third-order valence-electron chi connectivity index (χ3n) is 3.26. The van der Waals surface area contributed by atoms with Gasteiger partial charge in [-0.25, -0.2) is 0 Å². The van der Waals surface area contributed by atoms with E-state index in [-0.39, 0.29) is 5.91 Å². The number of H-pyrrole nitrogens is 1. The number of unbranched alkanes of at least 4 members (excludes halogenated alkanes) is 1. The normalized spacial score (nSPS) is 10.8. The van der Waals surface area contributed by atoms with Crippen LogP contribution in [0.2, 0.25) is 0 Å². The molecule has 1 aromatic heterocycles. The lowest BCUT2D eigenvalue weighted by Crippen LogP contribution is -2.25. The van der Waals surface area contributed by atoms with E-state index >= 15 is 0 Å². The summed E-state index contributed by atoms with van der Waals surface area (Å²) in [6.45, 7) is 6.91. The number of hydrogen-bond donors (Lipinski definition) is 2. The Bertz CT molecular complexity index is 569. The molecule has 0 aliphatic rings. The van der Waals surface area contributed by atoms with Gasteiger partial charge in [0.05, 0.1) is 0 Å². The molecule has 1 aromatic carbocycles. The minimum atomic E-state index is -0.00481. The van der Waals surface area contributed by atoms with Crippen molar-refractivity contribution in [2.75, 3.05) is 6.54 Å². The maximum Gasteiger partial charge on any atom is 0.268 e. The molecular weight excluding hydrogens is 224 g/mol. The van der Waals surface area contributed by atoms with Crippen molar-refractivity contribution < 1.29 is 4.79 Å². The van der Waals surface area contributed by atoms with Crippen LogP contribution in [-0.2, 0) is 0 Å². The fourth-order valence-corrected chi connectivity index (χ4v) is 2.13. The molecule has 0 radical (unpaired) electrons. The fourth-order valence-electron chi connectivity index (χ4n) is 2.13. The van der Waals surface area contributed by atoms with E-state index in [1.54, 1.807) is 0 Å². The lowest BCUT2D eigenvalue weighted by Gasteiger charge is -2.03. The molecular formula is C15H20N2O. The molecule has 1 amide bonds. The monoisotopic (exact) mass is 244 g/mol. The summed E-state index contributed by atoms with van der Waals surface area (Å²) in [4.78, 5) is 15.3. The van der Waals surface area contributed by atoms with Crippen LogP contribution < -0.4 is 5.32 Å². The van der Waals surface area contributed by atoms with Gasteiger partial charge in [-0.2, -0.15) is 0 Å². The van der Waals surface area contributed by atoms with Gasteiger partial charge in [0, 0.05) is 17.4 Å². The van der Waals surface area contributed by atoms with E-state index in [1.165, 1.54) is 5.56 Å². The van der Waals surface area contributed by atoms with Gasteiger partial charge in [-0.05, 0) is 38.0 Å². The van der Waals surface area contributed by atoms with Gasteiger partial charge in [0.1, 0.15) is 5.69 Å². The number of carbonyl (C=O) groups excluding carboxylic acids is 1. The van der Waals surface area contributed by atoms with Gasteiger partial charge in [0.2, 0.25) is 0 Å². The van der Waals surface area contributed by atoms with E-state index in [1.807, 2.05) is 13.0 Å². The molecule has 0 saturated heterocycles. The number of benzene rings is 1. The van der Waals surface area contributed by atoms with Gasteiger partial charge in [-0.1, -0.05) is 25.0 Å². The zero-order valence-corrected chi connectivity index (χ0v) is 11.3. The Kier molecular flexibility index (Phi) is 3.70. The Morgan fingerprint density at radius 3 is 2.83 bits per heavy atom. The summed E-state index contributed by atoms with van der Waals surface area (Å²) in [7, 11) is 0. The molecule has 0 saturated carbocycles. The molecule has 0 atom stereocenters. The molecule has 0 spiro atoms. The van der Waals surface area contributed by atoms with Crippen LogP contribution in [0, 0.1) is 13.8 Å². The van der Waals surface area contributed by atoms with Crippen LogP contribution in [0.25, 0.3) is 10.9 Å². The summed E-state index contributed by atoms with van der Waals surface area (Å²) in [5, 5.41) is 4.08. The van der Waals surface area contributed by atoms with Gasteiger partial charge >= 0.3 is 0 Å². The molecule has 2 aromatic rings. The summed E-state index contributed by atoms with van der Waals surface area (Å²) >= 11 is 0. The molecule has 2 N–H and O–H groups in total. The number of aromatic amines is 1. The van der Waals surface area contributed by atoms with Crippen LogP contribution in [0.5, 0.6) is 0 Å². The first kappa shape index (κ1) is 12.7. The lowest BCUT2D eigenvalue weighted by atomic mass is 10.1. The van der Waals surface area contributed by atoms with Gasteiger partial charge in [-0.3, -0.25) is 4.79 Å². The summed E-state index contributed by atoms with van der Waals surface area (Å²) < 4.78 is 0. The van der Waals surface area contributed by atoms with Gasteiger partial charge in [0.25, 0.3) is 5.91 Å². The number of carbonyl (C=O) groups is 1. The minimum absolute atomic E-state index is 0.00481. The molecule has 1 heterocycles. The summed E-state index contributed by atoms with van der Waals surface area (Å²) in [6.07, 6.45) is 2.11. The topological polar surface area (TPSA) is 44.9 Å². The first-order valence-corrected chi connectivity index (χ1v) is 6.50. The van der Waals surface area contributed by atoms with Crippen molar-refractivity contribution in [1.82, 2.24) is 10.3 Å². The van der Waals surface area contributed by atoms with E-state index in [9.17, 15) is 4.79 Å². The second kappa shape index (κ2) is 5.25. The van der Waals surface area contributed by atoms with Crippen LogP contribution in [0.3, 0.4) is 0 Å². The van der Waals surface area contributed by atoms with E-state index < -0.39 is 0 Å². The number of hydrogen-bond acceptors (Lipinski definition) is 1. The Morgan fingerprint density at radius 1 is 1.33 bits per heavy atom. The number of nitrogens with one attached hydrogen (secondary N) is 2. The number of aryl methyl sites for hydroxylation is 2. The number of aromatic nitrogens is 1. The van der Waals surface area contributed by atoms with E-state index in [4.69, 9.17) is 0 Å². The van der Waals surface area contributed by atoms with Crippen molar-refractivity contribution in [3.63, 3.8) is 0 Å². The smallest absolute Gasteiger partial charge is 0.268 e. The largest absolute Gasteiger partial charge is 0.351 e. The van der Waals surface area contributed by atoms with Gasteiger partial charge < -0.3 is 10.3 Å². The summed E-state index contributed by atoms with van der Waals surface area (Å²) in [5.74, 6) is -0.00481. The van der Waals surface area contributed by atoms with E-state index in [2.05, 4.69) is 36.3 Å². The van der Waals surface area contributed by atoms with Gasteiger partial charge in [-0.15, -0.1) is 0 Å². The Hall–Kier alpha value is -1.77. The molecule has 3 nitrogen and oxygen atoms in total. The van der Waals surface area contributed by atoms with Crippen molar-refractivity contribution in [3.05, 3.63) is 35.0 Å². The van der Waals surface area contributed by atoms with Crippen LogP contribution in [-0.4, -0.2) is 17.4 Å². The molecule has 0 unspecified atom stereocenters. The predicted octanol–water partition coefficient (Wildman–Crippen LogP) is 3.31. The second-order valence-electron chi connectivity index (χ2n) is 4.78. The van der Waals surface area contributed by atoms with Crippen molar-refractivity contribution in [2.45, 2.75) is 33.6 Å². The molecule has 0 bridgehead atoms. The molecule has 3 heteroatoms. The predicted molar refractivity (Wildman–Crippen MR) is 75.0 cm³/mol. The Morgan fingerprint density at radius 2 is 2.11 bits per heavy atom. The van der Waals surface area contributed by atoms with Crippen molar-refractivity contribution >= 4 is 16.8 Å². The highest BCUT2D eigenvalue weighted by molar-refractivity contribution is 6.00. The molecule has 96 valence electrons. The SMILES string of the molecule is CCCCNC(=O)c1[nH]c2ccc(C)cc2c1C. The Balaban J connectivity index is 2.28. The quantitative estimate of drug-likeness (QED) is 0.796. The minimum Gasteiger partial charge on any atom is -0.351 e. The molecule has 0 fully saturated rings. The number of amides is 1. The highest BCUT2D eigenvalue weighted by Gasteiger charge is 2.13. The standard InChI is InChI=1S/C15H20N2O/c1-4-5-8-16-15(18)14-11(3)12-9-10(2)6-7-13(12)17-14/h6-7,9,17H,4-5,8H2,1-3H3,(H,16,18). The molecule has 18 heavy (non-hydrogen) atoms. The van der Waals surface area contributed by atoms with E-state index in [0.717, 1.165) is 35.9 Å². The average Bonchev–Trinajstić information content (AvgIpc) is 2.67. The van der Waals surface area contributed by atoms with Crippen molar-refractivity contribution in [2.24, 2.45) is 0 Å². The lowest BCUT2D eigenvalue weighted by molar-refractivity contribution is 0.0948. The zero-order valence-electron chi connectivity index (χ0n) is 11.3. The summed E-state index contributed by atoms with van der Waals surface area (Å²) in [6, 6.07) is 6.20. The van der Waals surface area contributed by atoms with Crippen LogP contribution in [0.4, 0.5) is 0 Å². The Labute approximate surface area is 108 Å². The average molecular weight is 244 g/mol. The van der Waals surface area contributed by atoms with Gasteiger partial charge in [0.15, 0.2) is 0 Å². The van der Waals surface area contributed by atoms with E-state index in [0.29, 0.717) is 5.69 Å². The fraction of sp³-hybridized carbons (Fsp3) is 0.400. The van der Waals surface area contributed by atoms with Crippen LogP contribution >= 0.6 is 0 Å². The van der Waals surface area contributed by atoms with Crippen molar-refractivity contribution in [3.8, 4) is 0 Å². The number of fused-ring (bicyclic) bond motifs is 1. The maximum atomic E-state index is 12.1. The number of rotatable bonds is 4. The molecule has 2 rings (SSSR count). The third kappa shape index (κ3) is 2.40. The second-order valence-corrected chi connectivity index (χ2v) is 4.78. The molecule has 0 aliphatic carbocycles.